The van der Waals surface area contributed by atoms with E-state index in [0.717, 1.165) is 18.0 Å². The van der Waals surface area contributed by atoms with Crippen molar-refractivity contribution < 1.29 is 4.79 Å². The Hall–Kier alpha value is -2.00. The topological polar surface area (TPSA) is 98.7 Å². The highest BCUT2D eigenvalue weighted by Crippen LogP contribution is 2.12. The summed E-state index contributed by atoms with van der Waals surface area (Å²) in [7, 11) is 0. The minimum absolute atomic E-state index is 0. The first-order valence-corrected chi connectivity index (χ1v) is 8.51. The van der Waals surface area contributed by atoms with Crippen molar-refractivity contribution in [2.75, 3.05) is 11.9 Å². The number of halogens is 2. The molecule has 7 nitrogen and oxygen atoms in total. The minimum atomic E-state index is -0.256. The standard InChI is InChI=1S/C16H18N6OS.2ClH/c17-6-1-15-19-13(11-24-15)16(23)20-14-5-10-22(21-14)9-4-12-2-7-18-8-3-12;;/h2-3,5,7-8,10-11H,1,4,6,9,17H2,(H,20,21,23);2*1H. The number of nitrogens with zero attached hydrogens (tertiary/aromatic N) is 4. The molecule has 140 valence electrons. The average molecular weight is 415 g/mol. The normalized spacial score (nSPS) is 9.88. The highest BCUT2D eigenvalue weighted by atomic mass is 35.5. The lowest BCUT2D eigenvalue weighted by Crippen LogP contribution is -2.13. The first-order valence-electron chi connectivity index (χ1n) is 7.63. The van der Waals surface area contributed by atoms with Gasteiger partial charge in [0.15, 0.2) is 5.82 Å². The molecule has 3 aromatic rings. The van der Waals surface area contributed by atoms with Crippen LogP contribution in [0, 0.1) is 0 Å². The molecule has 0 aliphatic heterocycles. The Bertz CT molecular complexity index is 808. The van der Waals surface area contributed by atoms with Crippen LogP contribution < -0.4 is 11.1 Å². The predicted molar refractivity (Wildman–Crippen MR) is 107 cm³/mol. The number of nitrogens with two attached hydrogens (primary N) is 1. The van der Waals surface area contributed by atoms with Crippen LogP contribution in [0.25, 0.3) is 0 Å². The Morgan fingerprint density at radius 1 is 1.19 bits per heavy atom. The number of thiazole rings is 1. The Morgan fingerprint density at radius 3 is 2.69 bits per heavy atom. The number of hydrogen-bond donors (Lipinski definition) is 2. The van der Waals surface area contributed by atoms with Crippen LogP contribution in [-0.4, -0.2) is 32.2 Å². The molecule has 0 aliphatic rings. The van der Waals surface area contributed by atoms with Crippen molar-refractivity contribution in [1.82, 2.24) is 19.7 Å². The Kier molecular flexibility index (Phi) is 9.22. The largest absolute Gasteiger partial charge is 0.330 e. The summed E-state index contributed by atoms with van der Waals surface area (Å²) in [5.41, 5.74) is 7.09. The summed E-state index contributed by atoms with van der Waals surface area (Å²) >= 11 is 1.44. The smallest absolute Gasteiger partial charge is 0.276 e. The number of anilines is 1. The lowest BCUT2D eigenvalue weighted by Gasteiger charge is -2.02. The van der Waals surface area contributed by atoms with Crippen LogP contribution in [0.3, 0.4) is 0 Å². The van der Waals surface area contributed by atoms with Gasteiger partial charge in [-0.15, -0.1) is 36.2 Å². The zero-order valence-electron chi connectivity index (χ0n) is 13.9. The second kappa shape index (κ2) is 10.9. The molecular weight excluding hydrogens is 395 g/mol. The summed E-state index contributed by atoms with van der Waals surface area (Å²) in [5, 5.41) is 9.73. The van der Waals surface area contributed by atoms with Gasteiger partial charge in [-0.1, -0.05) is 0 Å². The molecule has 0 saturated carbocycles. The zero-order valence-corrected chi connectivity index (χ0v) is 16.3. The van der Waals surface area contributed by atoms with Gasteiger partial charge >= 0.3 is 0 Å². The monoisotopic (exact) mass is 414 g/mol. The van der Waals surface area contributed by atoms with Crippen LogP contribution >= 0.6 is 36.2 Å². The summed E-state index contributed by atoms with van der Waals surface area (Å²) in [4.78, 5) is 20.4. The maximum absolute atomic E-state index is 12.2. The first-order chi connectivity index (χ1) is 11.7. The van der Waals surface area contributed by atoms with E-state index in [9.17, 15) is 4.79 Å². The molecule has 3 heterocycles. The van der Waals surface area contributed by atoms with Crippen LogP contribution in [0.1, 0.15) is 21.1 Å². The van der Waals surface area contributed by atoms with E-state index >= 15 is 0 Å². The van der Waals surface area contributed by atoms with E-state index in [4.69, 9.17) is 5.73 Å². The molecule has 10 heteroatoms. The SMILES string of the molecule is Cl.Cl.NCCc1nc(C(=O)Nc2ccn(CCc3ccncc3)n2)cs1. The van der Waals surface area contributed by atoms with Gasteiger partial charge in [0.1, 0.15) is 5.69 Å². The third-order valence-electron chi connectivity index (χ3n) is 3.40. The molecular formula is C16H20Cl2N6OS. The van der Waals surface area contributed by atoms with Gasteiger partial charge in [-0.3, -0.25) is 14.5 Å². The van der Waals surface area contributed by atoms with Crippen molar-refractivity contribution in [3.05, 3.63) is 58.4 Å². The Labute approximate surface area is 167 Å². The molecule has 0 saturated heterocycles. The molecule has 0 spiro atoms. The lowest BCUT2D eigenvalue weighted by atomic mass is 10.2. The predicted octanol–water partition coefficient (Wildman–Crippen LogP) is 2.57. The number of hydrogen-bond acceptors (Lipinski definition) is 6. The molecule has 0 aromatic carbocycles. The number of nitrogens with one attached hydrogen (secondary N) is 1. The number of carbonyl (C=O) groups is 1. The fourth-order valence-electron chi connectivity index (χ4n) is 2.18. The summed E-state index contributed by atoms with van der Waals surface area (Å²) in [6, 6.07) is 5.73. The second-order valence-electron chi connectivity index (χ2n) is 5.19. The molecule has 3 N–H and O–H groups in total. The van der Waals surface area contributed by atoms with Crippen LogP contribution in [-0.2, 0) is 19.4 Å². The summed E-state index contributed by atoms with van der Waals surface area (Å²) in [5.74, 6) is 0.261. The van der Waals surface area contributed by atoms with Gasteiger partial charge in [-0.05, 0) is 30.7 Å². The Morgan fingerprint density at radius 2 is 1.96 bits per heavy atom. The van der Waals surface area contributed by atoms with Gasteiger partial charge in [0.25, 0.3) is 5.91 Å². The van der Waals surface area contributed by atoms with Crippen molar-refractivity contribution in [1.29, 1.82) is 0 Å². The van der Waals surface area contributed by atoms with E-state index in [0.29, 0.717) is 24.5 Å². The molecule has 0 atom stereocenters. The molecule has 0 radical (unpaired) electrons. The summed E-state index contributed by atoms with van der Waals surface area (Å²) < 4.78 is 1.80. The van der Waals surface area contributed by atoms with Gasteiger partial charge in [-0.25, -0.2) is 4.98 Å². The van der Waals surface area contributed by atoms with Gasteiger partial charge in [0.2, 0.25) is 0 Å². The van der Waals surface area contributed by atoms with Gasteiger partial charge in [0, 0.05) is 43.0 Å². The van der Waals surface area contributed by atoms with Crippen molar-refractivity contribution >= 4 is 47.9 Å². The second-order valence-corrected chi connectivity index (χ2v) is 6.13. The molecule has 3 rings (SSSR count). The number of rotatable bonds is 7. The van der Waals surface area contributed by atoms with Gasteiger partial charge in [0.05, 0.1) is 5.01 Å². The number of amides is 1. The maximum atomic E-state index is 12.2. The van der Waals surface area contributed by atoms with E-state index in [1.807, 2.05) is 18.3 Å². The van der Waals surface area contributed by atoms with E-state index in [1.165, 1.54) is 16.9 Å². The van der Waals surface area contributed by atoms with Crippen LogP contribution in [0.5, 0.6) is 0 Å². The quantitative estimate of drug-likeness (QED) is 0.618. The first kappa shape index (κ1) is 22.0. The van der Waals surface area contributed by atoms with E-state index in [-0.39, 0.29) is 30.7 Å². The Balaban J connectivity index is 0.00000169. The highest BCUT2D eigenvalue weighted by Gasteiger charge is 2.12. The molecule has 0 fully saturated rings. The molecule has 26 heavy (non-hydrogen) atoms. The van der Waals surface area contributed by atoms with Crippen LogP contribution in [0.4, 0.5) is 5.82 Å². The molecule has 0 unspecified atom stereocenters. The van der Waals surface area contributed by atoms with Crippen molar-refractivity contribution in [3.63, 3.8) is 0 Å². The number of pyridine rings is 1. The van der Waals surface area contributed by atoms with E-state index < -0.39 is 0 Å². The summed E-state index contributed by atoms with van der Waals surface area (Å²) in [6.45, 7) is 1.26. The third kappa shape index (κ3) is 6.06. The van der Waals surface area contributed by atoms with E-state index in [1.54, 1.807) is 28.5 Å². The molecule has 1 amide bonds. The van der Waals surface area contributed by atoms with Crippen molar-refractivity contribution in [2.24, 2.45) is 5.73 Å². The van der Waals surface area contributed by atoms with E-state index in [2.05, 4.69) is 20.4 Å². The fourth-order valence-corrected chi connectivity index (χ4v) is 2.97. The number of aromatic nitrogens is 4. The average Bonchev–Trinajstić information content (AvgIpc) is 3.24. The lowest BCUT2D eigenvalue weighted by molar-refractivity contribution is 0.102. The molecule has 0 aliphatic carbocycles. The van der Waals surface area contributed by atoms with Gasteiger partial charge in [-0.2, -0.15) is 5.10 Å². The van der Waals surface area contributed by atoms with Crippen LogP contribution in [0.15, 0.2) is 42.2 Å². The number of carbonyl (C=O) groups excluding carboxylic acids is 1. The zero-order chi connectivity index (χ0) is 16.8. The molecule has 0 bridgehead atoms. The van der Waals surface area contributed by atoms with Crippen molar-refractivity contribution in [3.8, 4) is 0 Å². The minimum Gasteiger partial charge on any atom is -0.330 e. The third-order valence-corrected chi connectivity index (χ3v) is 4.31. The maximum Gasteiger partial charge on any atom is 0.276 e. The fraction of sp³-hybridized carbons (Fsp3) is 0.250. The highest BCUT2D eigenvalue weighted by molar-refractivity contribution is 7.09. The van der Waals surface area contributed by atoms with Crippen molar-refractivity contribution in [2.45, 2.75) is 19.4 Å². The van der Waals surface area contributed by atoms with Gasteiger partial charge < -0.3 is 11.1 Å². The number of aryl methyl sites for hydroxylation is 2. The molecule has 3 aromatic heterocycles. The van der Waals surface area contributed by atoms with Crippen LogP contribution in [0.2, 0.25) is 0 Å². The summed E-state index contributed by atoms with van der Waals surface area (Å²) in [6.07, 6.45) is 6.93.